The molecule has 18 heavy (non-hydrogen) atoms. The first-order valence-corrected chi connectivity index (χ1v) is 7.61. The molecule has 0 aromatic heterocycles. The Morgan fingerprint density at radius 3 is 2.78 bits per heavy atom. The van der Waals surface area contributed by atoms with Crippen LogP contribution in [0, 0.1) is 0 Å². The van der Waals surface area contributed by atoms with Crippen molar-refractivity contribution in [2.45, 2.75) is 6.17 Å². The fourth-order valence-corrected chi connectivity index (χ4v) is 3.12. The van der Waals surface area contributed by atoms with Gasteiger partial charge in [-0.05, 0) is 0 Å². The van der Waals surface area contributed by atoms with Gasteiger partial charge in [-0.1, -0.05) is 0 Å². The van der Waals surface area contributed by atoms with Gasteiger partial charge in [0.1, 0.15) is 0 Å². The van der Waals surface area contributed by atoms with Crippen molar-refractivity contribution in [3.63, 3.8) is 0 Å². The molecule has 0 spiro atoms. The molecule has 0 aromatic rings. The summed E-state index contributed by atoms with van der Waals surface area (Å²) in [6.07, 6.45) is 4.50. The molecule has 2 heterocycles. The van der Waals surface area contributed by atoms with Crippen molar-refractivity contribution in [1.29, 1.82) is 0 Å². The van der Waals surface area contributed by atoms with Gasteiger partial charge >= 0.3 is 118 Å². The van der Waals surface area contributed by atoms with Crippen LogP contribution < -0.4 is 0 Å². The number of rotatable bonds is 4. The molecular weight excluding hydrogens is 291 g/mol. The van der Waals surface area contributed by atoms with E-state index in [-0.39, 0.29) is 0 Å². The normalized spacial score (nSPS) is 26.5. The van der Waals surface area contributed by atoms with E-state index in [9.17, 15) is 0 Å². The van der Waals surface area contributed by atoms with Crippen LogP contribution >= 0.6 is 0 Å². The maximum atomic E-state index is 5.21. The molecule has 2 atom stereocenters. The summed E-state index contributed by atoms with van der Waals surface area (Å²) in [6, 6.07) is 0. The average molecular weight is 314 g/mol. The molecule has 1 saturated heterocycles. The third kappa shape index (κ3) is 3.35. The van der Waals surface area contributed by atoms with Gasteiger partial charge in [-0.2, -0.15) is 0 Å². The number of methoxy groups -OCH3 is 1. The van der Waals surface area contributed by atoms with E-state index in [1.807, 2.05) is 6.20 Å². The van der Waals surface area contributed by atoms with Crippen molar-refractivity contribution in [2.24, 2.45) is 4.99 Å². The number of nitrogens with zero attached hydrogens (tertiary/aromatic N) is 4. The molecule has 0 N–H and O–H groups in total. The summed E-state index contributed by atoms with van der Waals surface area (Å²) >= 11 is 1.58. The molecule has 0 amide bonds. The molecule has 0 bridgehead atoms. The van der Waals surface area contributed by atoms with Gasteiger partial charge in [-0.15, -0.1) is 0 Å². The fourth-order valence-electron chi connectivity index (χ4n) is 2.35. The summed E-state index contributed by atoms with van der Waals surface area (Å²) in [5.74, 6) is 0. The second kappa shape index (κ2) is 6.71. The molecule has 0 aromatic carbocycles. The number of ether oxygens (including phenoxy) is 1. The third-order valence-electron chi connectivity index (χ3n) is 3.53. The molecule has 0 aliphatic carbocycles. The Morgan fingerprint density at radius 2 is 2.11 bits per heavy atom. The van der Waals surface area contributed by atoms with Crippen LogP contribution in [0.15, 0.2) is 17.3 Å². The first-order chi connectivity index (χ1) is 8.72. The number of likely N-dealkylation sites (N-methyl/N-ethyl adjacent to an activating group) is 1. The van der Waals surface area contributed by atoms with Gasteiger partial charge in [-0.25, -0.2) is 0 Å². The minimum atomic E-state index is 0.355. The van der Waals surface area contributed by atoms with Gasteiger partial charge in [0, 0.05) is 0 Å². The van der Waals surface area contributed by atoms with Crippen molar-refractivity contribution in [3.8, 4) is 0 Å². The van der Waals surface area contributed by atoms with Crippen LogP contribution in [0.5, 0.6) is 0 Å². The quantitative estimate of drug-likeness (QED) is 0.625. The SMILES string of the molecule is COCCN1C([AsH2])=NC=CC1N1CCN(C)CC1. The van der Waals surface area contributed by atoms with Gasteiger partial charge in [0.2, 0.25) is 0 Å². The van der Waals surface area contributed by atoms with E-state index in [1.165, 1.54) is 0 Å². The molecule has 5 nitrogen and oxygen atoms in total. The number of hydrogen-bond donors (Lipinski definition) is 0. The average Bonchev–Trinajstić information content (AvgIpc) is 2.38. The summed E-state index contributed by atoms with van der Waals surface area (Å²) in [5.41, 5.74) is 0. The zero-order chi connectivity index (χ0) is 13.0. The molecule has 2 unspecified atom stereocenters. The van der Waals surface area contributed by atoms with E-state index in [1.54, 1.807) is 24.0 Å². The Labute approximate surface area is 118 Å². The monoisotopic (exact) mass is 314 g/mol. The fraction of sp³-hybridized carbons (Fsp3) is 0.750. The molecule has 1 fully saturated rings. The molecule has 2 rings (SSSR count). The van der Waals surface area contributed by atoms with Crippen LogP contribution in [0.2, 0.25) is 0 Å². The predicted octanol–water partition coefficient (Wildman–Crippen LogP) is -0.975. The zero-order valence-corrected chi connectivity index (χ0v) is 13.7. The van der Waals surface area contributed by atoms with E-state index < -0.39 is 0 Å². The summed E-state index contributed by atoms with van der Waals surface area (Å²) < 4.78 is 6.35. The van der Waals surface area contributed by atoms with Gasteiger partial charge < -0.3 is 0 Å². The van der Waals surface area contributed by atoms with Gasteiger partial charge in [0.15, 0.2) is 0 Å². The molecule has 2 aliphatic rings. The van der Waals surface area contributed by atoms with Crippen molar-refractivity contribution in [2.75, 3.05) is 53.5 Å². The Morgan fingerprint density at radius 1 is 1.39 bits per heavy atom. The first kappa shape index (κ1) is 14.1. The third-order valence-corrected chi connectivity index (χ3v) is 4.54. The van der Waals surface area contributed by atoms with E-state index in [0.717, 1.165) is 44.0 Å². The zero-order valence-electron chi connectivity index (χ0n) is 11.2. The van der Waals surface area contributed by atoms with Crippen molar-refractivity contribution in [1.82, 2.24) is 14.7 Å². The molecular formula is C12H23AsN4O. The van der Waals surface area contributed by atoms with E-state index in [2.05, 4.69) is 32.8 Å². The Kier molecular flexibility index (Phi) is 5.24. The second-order valence-corrected chi connectivity index (χ2v) is 5.85. The number of aliphatic imine (C=N–C) groups is 1. The van der Waals surface area contributed by atoms with E-state index >= 15 is 0 Å². The molecule has 6 heteroatoms. The Balaban J connectivity index is 2.00. The summed E-state index contributed by atoms with van der Waals surface area (Å²) in [4.78, 5) is 11.7. The van der Waals surface area contributed by atoms with Crippen LogP contribution in [0.25, 0.3) is 0 Å². The van der Waals surface area contributed by atoms with Crippen LogP contribution in [0.1, 0.15) is 0 Å². The van der Waals surface area contributed by atoms with E-state index in [0.29, 0.717) is 6.17 Å². The number of amidine groups is 1. The molecule has 0 radical (unpaired) electrons. The summed E-state index contributed by atoms with van der Waals surface area (Å²) in [7, 11) is 3.94. The summed E-state index contributed by atoms with van der Waals surface area (Å²) in [6.45, 7) is 6.19. The summed E-state index contributed by atoms with van der Waals surface area (Å²) in [5, 5.41) is 0. The van der Waals surface area contributed by atoms with Crippen LogP contribution in [-0.2, 0) is 4.74 Å². The predicted molar refractivity (Wildman–Crippen MR) is 76.6 cm³/mol. The van der Waals surface area contributed by atoms with Crippen molar-refractivity contribution >= 4 is 21.5 Å². The van der Waals surface area contributed by atoms with Gasteiger partial charge in [0.25, 0.3) is 0 Å². The van der Waals surface area contributed by atoms with Gasteiger partial charge in [0.05, 0.1) is 0 Å². The van der Waals surface area contributed by atoms with Crippen LogP contribution in [-0.4, -0.2) is 95.8 Å². The number of hydrogen-bond acceptors (Lipinski definition) is 5. The molecule has 0 saturated carbocycles. The topological polar surface area (TPSA) is 31.3 Å². The standard InChI is InChI=1S/C12H23AsN4O/c1-15-5-7-16(8-6-15)11-3-4-14-12(13)17(11)9-10-18-2/h3-4,11H,5-10,13H2,1-2H3. The first-order valence-electron chi connectivity index (χ1n) is 6.40. The van der Waals surface area contributed by atoms with Crippen LogP contribution in [0.3, 0.4) is 0 Å². The minimum absolute atomic E-state index is 0.355. The number of piperazine rings is 1. The van der Waals surface area contributed by atoms with E-state index in [4.69, 9.17) is 4.74 Å². The van der Waals surface area contributed by atoms with Crippen molar-refractivity contribution in [3.05, 3.63) is 12.3 Å². The Hall–Kier alpha value is -0.352. The van der Waals surface area contributed by atoms with Crippen molar-refractivity contribution < 1.29 is 4.74 Å². The molecule has 2 aliphatic heterocycles. The second-order valence-electron chi connectivity index (χ2n) is 4.77. The Bertz CT molecular complexity index is 326. The van der Waals surface area contributed by atoms with Crippen LogP contribution in [0.4, 0.5) is 0 Å². The molecule has 102 valence electrons. The van der Waals surface area contributed by atoms with Gasteiger partial charge in [-0.3, -0.25) is 0 Å². The maximum absolute atomic E-state index is 5.21.